The number of amides is 4. The van der Waals surface area contributed by atoms with E-state index in [1.54, 1.807) is 0 Å². The van der Waals surface area contributed by atoms with Crippen molar-refractivity contribution in [2.45, 2.75) is 347 Å². The summed E-state index contributed by atoms with van der Waals surface area (Å²) in [5, 5.41) is 21.5. The lowest BCUT2D eigenvalue weighted by Crippen LogP contribution is -2.44. The molecular weight excluding hydrogens is 1080 g/mol. The van der Waals surface area contributed by atoms with Crippen LogP contribution >= 0.6 is 0 Å². The van der Waals surface area contributed by atoms with Gasteiger partial charge in [-0.1, -0.05) is 211 Å². The third-order valence-corrected chi connectivity index (χ3v) is 17.1. The van der Waals surface area contributed by atoms with Crippen LogP contribution in [0.1, 0.15) is 335 Å². The van der Waals surface area contributed by atoms with E-state index in [2.05, 4.69) is 62.5 Å². The molecule has 0 rings (SSSR count). The van der Waals surface area contributed by atoms with Gasteiger partial charge in [0.1, 0.15) is 6.04 Å². The monoisotopic (exact) mass is 1230 g/mol. The number of allylic oxidation sites excluding steroid dienone is 6. The number of nitrogens with two attached hydrogens (primary N) is 2. The molecule has 0 aliphatic rings. The minimum absolute atomic E-state index is 0.121. The molecule has 0 fully saturated rings. The first-order valence-corrected chi connectivity index (χ1v) is 36.9. The lowest BCUT2D eigenvalue weighted by molar-refractivity contribution is -0.133. The molecule has 0 radical (unpaired) electrons. The highest BCUT2D eigenvalue weighted by Gasteiger charge is 2.20. The Morgan fingerprint density at radius 1 is 0.322 bits per heavy atom. The van der Waals surface area contributed by atoms with Gasteiger partial charge in [0.15, 0.2) is 5.78 Å². The van der Waals surface area contributed by atoms with E-state index in [9.17, 15) is 34.2 Å². The molecule has 7 N–H and O–H groups in total. The molecule has 13 heteroatoms. The maximum Gasteiger partial charge on any atom is 0.239 e. The van der Waals surface area contributed by atoms with Crippen molar-refractivity contribution in [1.29, 1.82) is 0 Å². The standard InChI is InChI=1S/C74H140N6O7/c1-4-7-10-13-16-19-22-25-28-31-34-37-40-43-46-56-71(84)78(63-53-59-77-74(87)69(76)67-82)61-51-52-62-80(73(86)58-48-45-42-39-36-33-30-27-24-21-18-15-12-9-6-3)65-54-64-79(60-50-49-55-70(83)68(75)66-81)72(85)57-47-44-41-38-35-32-29-26-23-20-17-14-11-8-5-2/h25-30,68-69,81-82H,4-24,31-67,75-76H2,1-3H3,(H,77,87)/b28-25-,29-26-,30-27-/t68-,69-/m0/s1. The summed E-state index contributed by atoms with van der Waals surface area (Å²) in [6.07, 6.45) is 66.5. The molecule has 0 aromatic rings. The van der Waals surface area contributed by atoms with Crippen LogP contribution < -0.4 is 16.8 Å². The van der Waals surface area contributed by atoms with E-state index in [0.29, 0.717) is 90.8 Å². The van der Waals surface area contributed by atoms with E-state index >= 15 is 0 Å². The van der Waals surface area contributed by atoms with Crippen molar-refractivity contribution < 1.29 is 34.2 Å². The molecule has 0 aliphatic carbocycles. The average Bonchev–Trinajstić information content (AvgIpc) is 3.63. The molecule has 0 saturated carbocycles. The van der Waals surface area contributed by atoms with Crippen molar-refractivity contribution in [2.75, 3.05) is 59.0 Å². The molecule has 0 unspecified atom stereocenters. The summed E-state index contributed by atoms with van der Waals surface area (Å²) in [7, 11) is 0. The summed E-state index contributed by atoms with van der Waals surface area (Å²) in [5.74, 6) is -0.179. The number of hydrogen-bond donors (Lipinski definition) is 5. The minimum atomic E-state index is -0.975. The molecule has 2 atom stereocenters. The van der Waals surface area contributed by atoms with Crippen LogP contribution in [0.5, 0.6) is 0 Å². The summed E-state index contributed by atoms with van der Waals surface area (Å²) >= 11 is 0. The van der Waals surface area contributed by atoms with Crippen molar-refractivity contribution in [3.05, 3.63) is 36.5 Å². The first kappa shape index (κ1) is 83.6. The highest BCUT2D eigenvalue weighted by atomic mass is 16.3. The topological polar surface area (TPSA) is 200 Å². The number of Topliss-reactive ketones (excluding diaryl/α,β-unsaturated/α-hetero) is 1. The Hall–Kier alpha value is -3.39. The maximum atomic E-state index is 14.1. The second kappa shape index (κ2) is 65.6. The zero-order valence-electron chi connectivity index (χ0n) is 57.1. The predicted molar refractivity (Wildman–Crippen MR) is 369 cm³/mol. The molecule has 508 valence electrons. The van der Waals surface area contributed by atoms with Crippen LogP contribution in [-0.2, 0) is 24.0 Å². The van der Waals surface area contributed by atoms with Gasteiger partial charge in [-0.3, -0.25) is 24.0 Å². The molecule has 13 nitrogen and oxygen atoms in total. The van der Waals surface area contributed by atoms with Gasteiger partial charge in [0.25, 0.3) is 0 Å². The summed E-state index contributed by atoms with van der Waals surface area (Å²) in [4.78, 5) is 72.4. The highest BCUT2D eigenvalue weighted by molar-refractivity contribution is 5.84. The molecule has 0 aliphatic heterocycles. The number of ketones is 1. The van der Waals surface area contributed by atoms with Gasteiger partial charge in [-0.2, -0.15) is 0 Å². The van der Waals surface area contributed by atoms with Crippen LogP contribution in [0.4, 0.5) is 0 Å². The van der Waals surface area contributed by atoms with E-state index in [4.69, 9.17) is 11.5 Å². The van der Waals surface area contributed by atoms with E-state index in [1.165, 1.54) is 154 Å². The molecule has 0 heterocycles. The van der Waals surface area contributed by atoms with Gasteiger partial charge in [0.05, 0.1) is 19.3 Å². The Morgan fingerprint density at radius 2 is 0.575 bits per heavy atom. The lowest BCUT2D eigenvalue weighted by atomic mass is 10.1. The number of aliphatic hydroxyl groups excluding tert-OH is 2. The highest BCUT2D eigenvalue weighted by Crippen LogP contribution is 2.17. The van der Waals surface area contributed by atoms with Gasteiger partial charge in [0, 0.05) is 71.5 Å². The van der Waals surface area contributed by atoms with Crippen LogP contribution in [0.3, 0.4) is 0 Å². The summed E-state index contributed by atoms with van der Waals surface area (Å²) in [6, 6.07) is -1.85. The Balaban J connectivity index is 5.69. The largest absolute Gasteiger partial charge is 0.394 e. The Morgan fingerprint density at radius 3 is 0.885 bits per heavy atom. The third-order valence-electron chi connectivity index (χ3n) is 17.1. The lowest BCUT2D eigenvalue weighted by Gasteiger charge is -2.27. The van der Waals surface area contributed by atoms with Crippen molar-refractivity contribution in [1.82, 2.24) is 20.0 Å². The van der Waals surface area contributed by atoms with Crippen molar-refractivity contribution in [2.24, 2.45) is 11.5 Å². The quantitative estimate of drug-likeness (QED) is 0.0290. The molecule has 4 amide bonds. The van der Waals surface area contributed by atoms with Crippen molar-refractivity contribution >= 4 is 29.4 Å². The Bertz CT molecular complexity index is 1670. The number of unbranched alkanes of at least 4 members (excludes halogenated alkanes) is 35. The van der Waals surface area contributed by atoms with Gasteiger partial charge in [-0.05, 0) is 135 Å². The van der Waals surface area contributed by atoms with Gasteiger partial charge in [0.2, 0.25) is 23.6 Å². The molecule has 0 bridgehead atoms. The van der Waals surface area contributed by atoms with E-state index < -0.39 is 24.6 Å². The van der Waals surface area contributed by atoms with Gasteiger partial charge < -0.3 is 41.7 Å². The second-order valence-corrected chi connectivity index (χ2v) is 25.4. The maximum absolute atomic E-state index is 14.1. The van der Waals surface area contributed by atoms with Crippen LogP contribution in [0, 0.1) is 0 Å². The Labute approximate surface area is 535 Å². The predicted octanol–water partition coefficient (Wildman–Crippen LogP) is 16.6. The number of nitrogens with zero attached hydrogens (tertiary/aromatic N) is 3. The van der Waals surface area contributed by atoms with Crippen LogP contribution in [0.2, 0.25) is 0 Å². The first-order chi connectivity index (χ1) is 42.6. The SMILES string of the molecule is CCCCCCCC/C=C\CCCCCCCC(=O)N(CCCCN(CCCN(CCCCC(=O)[C@@H](N)CO)C(=O)CCCCCCC/C=C\CCCCCCCC)C(=O)CCCCCCC/C=C\CCCCCCCC)CCCNC(=O)[C@@H](N)CO. The number of rotatable bonds is 67. The molecular formula is C74H140N6O7. The van der Waals surface area contributed by atoms with Gasteiger partial charge >= 0.3 is 0 Å². The molecule has 87 heavy (non-hydrogen) atoms. The fourth-order valence-corrected chi connectivity index (χ4v) is 11.2. The number of carbonyl (C=O) groups is 5. The normalized spacial score (nSPS) is 12.4. The zero-order valence-corrected chi connectivity index (χ0v) is 57.1. The van der Waals surface area contributed by atoms with Crippen LogP contribution in [0.15, 0.2) is 36.5 Å². The molecule has 0 saturated heterocycles. The van der Waals surface area contributed by atoms with Crippen molar-refractivity contribution in [3.8, 4) is 0 Å². The Kier molecular flexibility index (Phi) is 63.0. The van der Waals surface area contributed by atoms with Gasteiger partial charge in [-0.15, -0.1) is 0 Å². The second-order valence-electron chi connectivity index (χ2n) is 25.4. The smallest absolute Gasteiger partial charge is 0.239 e. The average molecular weight is 1230 g/mol. The van der Waals surface area contributed by atoms with E-state index in [1.807, 2.05) is 14.7 Å². The number of aliphatic hydroxyl groups is 2. The summed E-state index contributed by atoms with van der Waals surface area (Å²) in [6.45, 7) is 9.58. The third kappa shape index (κ3) is 55.2. The van der Waals surface area contributed by atoms with Crippen molar-refractivity contribution in [3.63, 3.8) is 0 Å². The molecule has 0 aromatic heterocycles. The van der Waals surface area contributed by atoms with E-state index in [-0.39, 0.29) is 36.5 Å². The number of nitrogens with one attached hydrogen (secondary N) is 1. The molecule has 0 aromatic carbocycles. The number of carbonyl (C=O) groups excluding carboxylic acids is 5. The zero-order chi connectivity index (χ0) is 63.7. The summed E-state index contributed by atoms with van der Waals surface area (Å²) < 4.78 is 0. The fourth-order valence-electron chi connectivity index (χ4n) is 11.2. The van der Waals surface area contributed by atoms with Gasteiger partial charge in [-0.25, -0.2) is 0 Å². The first-order valence-electron chi connectivity index (χ1n) is 36.9. The van der Waals surface area contributed by atoms with Crippen LogP contribution in [-0.4, -0.2) is 125 Å². The minimum Gasteiger partial charge on any atom is -0.394 e. The fraction of sp³-hybridized carbons (Fsp3) is 0.851. The summed E-state index contributed by atoms with van der Waals surface area (Å²) in [5.41, 5.74) is 11.5. The van der Waals surface area contributed by atoms with Crippen LogP contribution in [0.25, 0.3) is 0 Å². The number of hydrogen-bond acceptors (Lipinski definition) is 9. The van der Waals surface area contributed by atoms with E-state index in [0.717, 1.165) is 109 Å². The molecule has 0 spiro atoms.